The molecule has 36 heavy (non-hydrogen) atoms. The Morgan fingerprint density at radius 2 is 1.64 bits per heavy atom. The number of carbonyl (C=O) groups excluding carboxylic acids is 3. The molecule has 0 aromatic heterocycles. The molecule has 9 heteroatoms. The number of anilines is 1. The average Bonchev–Trinajstić information content (AvgIpc) is 3.34. The van der Waals surface area contributed by atoms with E-state index in [0.717, 1.165) is 16.7 Å². The predicted octanol–water partition coefficient (Wildman–Crippen LogP) is 4.09. The molecular formula is C27H20N2O6S. The number of Topliss-reactive ketones (excluding diaryl/α,β-unsaturated/α-hetero) is 1. The first kappa shape index (κ1) is 23.4. The maximum atomic E-state index is 13.7. The second-order valence-electron chi connectivity index (χ2n) is 7.97. The fraction of sp³-hybridized carbons (Fsp3) is 0.111. The topological polar surface area (TPSA) is 116 Å². The van der Waals surface area contributed by atoms with E-state index in [4.69, 9.17) is 4.74 Å². The van der Waals surface area contributed by atoms with Crippen LogP contribution in [0.2, 0.25) is 0 Å². The molecule has 2 aliphatic rings. The summed E-state index contributed by atoms with van der Waals surface area (Å²) >= 11 is 0.874. The highest BCUT2D eigenvalue weighted by molar-refractivity contribution is 8.17. The molecule has 0 saturated carbocycles. The Morgan fingerprint density at radius 3 is 2.31 bits per heavy atom. The van der Waals surface area contributed by atoms with Crippen LogP contribution in [0.4, 0.5) is 5.69 Å². The van der Waals surface area contributed by atoms with E-state index in [0.29, 0.717) is 17.9 Å². The number of aliphatic hydroxyl groups is 1. The van der Waals surface area contributed by atoms with E-state index in [1.807, 2.05) is 6.92 Å². The van der Waals surface area contributed by atoms with Gasteiger partial charge in [0.15, 0.2) is 0 Å². The molecule has 0 bridgehead atoms. The molecule has 2 amide bonds. The van der Waals surface area contributed by atoms with Crippen LogP contribution in [-0.2, 0) is 14.4 Å². The number of thioether (sulfide) groups is 1. The molecule has 0 aliphatic carbocycles. The van der Waals surface area contributed by atoms with Gasteiger partial charge in [-0.25, -0.2) is 4.99 Å². The second-order valence-corrected chi connectivity index (χ2v) is 9.16. The summed E-state index contributed by atoms with van der Waals surface area (Å²) in [4.78, 5) is 43.5. The van der Waals surface area contributed by atoms with Gasteiger partial charge in [0.05, 0.1) is 17.9 Å². The molecule has 1 saturated heterocycles. The van der Waals surface area contributed by atoms with E-state index in [1.165, 1.54) is 24.3 Å². The minimum atomic E-state index is -2.04. The van der Waals surface area contributed by atoms with Gasteiger partial charge in [0.25, 0.3) is 11.7 Å². The first-order valence-electron chi connectivity index (χ1n) is 11.1. The van der Waals surface area contributed by atoms with Crippen molar-refractivity contribution in [1.82, 2.24) is 0 Å². The number of rotatable bonds is 5. The standard InChI is InChI=1S/C27H20N2O6S/c1-2-35-18-14-12-16(13-15-18)22(31)21-23(32)25(33)29(19-10-6-7-11-20(19)30)27(21)26(34)28-24(36-27)17-8-4-3-5-9-17/h3-15,30-31H,2H2,1H3/b22-21-. The van der Waals surface area contributed by atoms with Gasteiger partial charge in [0.1, 0.15) is 22.3 Å². The van der Waals surface area contributed by atoms with Crippen LogP contribution in [0, 0.1) is 0 Å². The van der Waals surface area contributed by atoms with Gasteiger partial charge in [0.2, 0.25) is 4.87 Å². The highest BCUT2D eigenvalue weighted by atomic mass is 32.2. The van der Waals surface area contributed by atoms with Crippen molar-refractivity contribution >= 4 is 45.8 Å². The van der Waals surface area contributed by atoms with Gasteiger partial charge >= 0.3 is 5.91 Å². The summed E-state index contributed by atoms with van der Waals surface area (Å²) < 4.78 is 5.43. The Labute approximate surface area is 210 Å². The van der Waals surface area contributed by atoms with Crippen molar-refractivity contribution in [3.8, 4) is 11.5 Å². The van der Waals surface area contributed by atoms with Crippen molar-refractivity contribution in [3.05, 3.63) is 95.6 Å². The molecule has 8 nitrogen and oxygen atoms in total. The maximum absolute atomic E-state index is 13.7. The van der Waals surface area contributed by atoms with Crippen LogP contribution >= 0.6 is 11.8 Å². The zero-order chi connectivity index (χ0) is 25.4. The quantitative estimate of drug-likeness (QED) is 0.308. The Balaban J connectivity index is 1.72. The minimum Gasteiger partial charge on any atom is -0.507 e. The van der Waals surface area contributed by atoms with Crippen molar-refractivity contribution in [2.45, 2.75) is 11.8 Å². The molecule has 5 rings (SSSR count). The van der Waals surface area contributed by atoms with Crippen molar-refractivity contribution in [2.24, 2.45) is 4.99 Å². The Kier molecular flexibility index (Phi) is 5.85. The second kappa shape index (κ2) is 9.01. The number of ketones is 1. The third kappa shape index (κ3) is 3.56. The van der Waals surface area contributed by atoms with Gasteiger partial charge in [-0.3, -0.25) is 19.3 Å². The van der Waals surface area contributed by atoms with E-state index < -0.39 is 33.8 Å². The molecule has 1 fully saturated rings. The molecule has 2 N–H and O–H groups in total. The summed E-state index contributed by atoms with van der Waals surface area (Å²) in [6.45, 7) is 2.28. The maximum Gasteiger partial charge on any atom is 0.301 e. The first-order valence-corrected chi connectivity index (χ1v) is 11.9. The molecule has 180 valence electrons. The largest absolute Gasteiger partial charge is 0.507 e. The number of para-hydroxylation sites is 2. The molecule has 1 atom stereocenters. The van der Waals surface area contributed by atoms with Crippen molar-refractivity contribution in [1.29, 1.82) is 0 Å². The highest BCUT2D eigenvalue weighted by Crippen LogP contribution is 2.53. The SMILES string of the molecule is CCOc1ccc(/C(O)=C2\C(=O)C(=O)N(c3ccccc3O)C23SC(c2ccccc2)=NC3=O)cc1. The van der Waals surface area contributed by atoms with Crippen LogP contribution in [0.3, 0.4) is 0 Å². The molecule has 3 aromatic carbocycles. The summed E-state index contributed by atoms with van der Waals surface area (Å²) in [6, 6.07) is 21.0. The summed E-state index contributed by atoms with van der Waals surface area (Å²) in [5.74, 6) is -3.22. The van der Waals surface area contributed by atoms with Gasteiger partial charge in [0, 0.05) is 11.1 Å². The van der Waals surface area contributed by atoms with Gasteiger partial charge in [-0.05, 0) is 43.3 Å². The van der Waals surface area contributed by atoms with E-state index in [-0.39, 0.29) is 22.0 Å². The monoisotopic (exact) mass is 500 g/mol. The van der Waals surface area contributed by atoms with Crippen LogP contribution in [0.25, 0.3) is 5.76 Å². The number of aliphatic imine (C=N–C) groups is 1. The average molecular weight is 501 g/mol. The van der Waals surface area contributed by atoms with E-state index >= 15 is 0 Å². The molecule has 3 aromatic rings. The van der Waals surface area contributed by atoms with E-state index in [9.17, 15) is 24.6 Å². The van der Waals surface area contributed by atoms with Gasteiger partial charge in [-0.1, -0.05) is 54.2 Å². The smallest absolute Gasteiger partial charge is 0.301 e. The summed E-state index contributed by atoms with van der Waals surface area (Å²) in [5.41, 5.74) is 0.367. The summed E-state index contributed by atoms with van der Waals surface area (Å²) in [6.07, 6.45) is 0. The van der Waals surface area contributed by atoms with Crippen LogP contribution in [-0.4, -0.2) is 44.3 Å². The molecule has 1 spiro atoms. The number of hydrogen-bond donors (Lipinski definition) is 2. The number of phenols is 1. The molecular weight excluding hydrogens is 480 g/mol. The fourth-order valence-corrected chi connectivity index (χ4v) is 5.57. The minimum absolute atomic E-state index is 0.0456. The molecule has 0 radical (unpaired) electrons. The number of carbonyl (C=O) groups is 3. The number of nitrogens with zero attached hydrogens (tertiary/aromatic N) is 2. The number of hydrogen-bond acceptors (Lipinski definition) is 7. The number of aliphatic hydroxyl groups excluding tert-OH is 1. The summed E-state index contributed by atoms with van der Waals surface area (Å²) in [5, 5.41) is 22.2. The lowest BCUT2D eigenvalue weighted by Crippen LogP contribution is -2.48. The molecule has 2 heterocycles. The van der Waals surface area contributed by atoms with Crippen molar-refractivity contribution < 1.29 is 29.3 Å². The van der Waals surface area contributed by atoms with Crippen LogP contribution in [0.5, 0.6) is 11.5 Å². The number of benzene rings is 3. The van der Waals surface area contributed by atoms with Crippen LogP contribution in [0.15, 0.2) is 89.4 Å². The Morgan fingerprint density at radius 1 is 0.972 bits per heavy atom. The number of aromatic hydroxyl groups is 1. The van der Waals surface area contributed by atoms with Gasteiger partial charge in [-0.15, -0.1) is 0 Å². The normalized spacial score (nSPS) is 20.8. The lowest BCUT2D eigenvalue weighted by atomic mass is 9.99. The third-order valence-electron chi connectivity index (χ3n) is 5.83. The van der Waals surface area contributed by atoms with Crippen molar-refractivity contribution in [2.75, 3.05) is 11.5 Å². The van der Waals surface area contributed by atoms with Crippen LogP contribution < -0.4 is 9.64 Å². The summed E-state index contributed by atoms with van der Waals surface area (Å²) in [7, 11) is 0. The van der Waals surface area contributed by atoms with Gasteiger partial charge < -0.3 is 14.9 Å². The van der Waals surface area contributed by atoms with Gasteiger partial charge in [-0.2, -0.15) is 0 Å². The highest BCUT2D eigenvalue weighted by Gasteiger charge is 2.66. The predicted molar refractivity (Wildman–Crippen MR) is 136 cm³/mol. The third-order valence-corrected chi connectivity index (χ3v) is 7.21. The number of phenolic OH excluding ortho intramolecular Hbond substituents is 1. The Bertz CT molecular complexity index is 1450. The van der Waals surface area contributed by atoms with Crippen molar-refractivity contribution in [3.63, 3.8) is 0 Å². The first-order chi connectivity index (χ1) is 17.4. The molecule has 2 aliphatic heterocycles. The zero-order valence-corrected chi connectivity index (χ0v) is 19.9. The fourth-order valence-electron chi connectivity index (χ4n) is 4.22. The van der Waals surface area contributed by atoms with Crippen LogP contribution in [0.1, 0.15) is 18.1 Å². The lowest BCUT2D eigenvalue weighted by molar-refractivity contribution is -0.132. The Hall–Kier alpha value is -4.37. The zero-order valence-electron chi connectivity index (χ0n) is 19.0. The lowest BCUT2D eigenvalue weighted by Gasteiger charge is -2.32. The number of amides is 2. The molecule has 1 unspecified atom stereocenters. The number of ether oxygens (including phenoxy) is 1. The van der Waals surface area contributed by atoms with E-state index in [2.05, 4.69) is 4.99 Å². The van der Waals surface area contributed by atoms with E-state index in [1.54, 1.807) is 54.6 Å².